The number of hydrogen-bond donors (Lipinski definition) is 2. The molecule has 3 aliphatic heterocycles. The van der Waals surface area contributed by atoms with Gasteiger partial charge in [0.15, 0.2) is 17.3 Å². The number of nitrogens with one attached hydrogen (secondary N) is 2. The molecule has 1 amide bonds. The number of amides is 1. The van der Waals surface area contributed by atoms with E-state index in [1.54, 1.807) is 14.2 Å². The van der Waals surface area contributed by atoms with Gasteiger partial charge in [-0.3, -0.25) is 4.79 Å². The van der Waals surface area contributed by atoms with Gasteiger partial charge in [0.05, 0.1) is 32.0 Å². The fourth-order valence-electron chi connectivity index (χ4n) is 5.86. The van der Waals surface area contributed by atoms with Crippen molar-refractivity contribution in [3.8, 4) is 5.75 Å². The van der Waals surface area contributed by atoms with Gasteiger partial charge in [0.2, 0.25) is 0 Å². The smallest absolute Gasteiger partial charge is 0.276 e. The summed E-state index contributed by atoms with van der Waals surface area (Å²) in [7, 11) is 3.28. The van der Waals surface area contributed by atoms with Gasteiger partial charge in [0.25, 0.3) is 5.91 Å². The van der Waals surface area contributed by atoms with Gasteiger partial charge in [0, 0.05) is 50.5 Å². The number of carbonyl (C=O) groups excluding carboxylic acids is 1. The number of aromatic nitrogens is 2. The molecule has 0 saturated carbocycles. The predicted octanol–water partition coefficient (Wildman–Crippen LogP) is 3.86. The van der Waals surface area contributed by atoms with Crippen LogP contribution in [0.25, 0.3) is 0 Å². The van der Waals surface area contributed by atoms with Gasteiger partial charge in [-0.05, 0) is 56.2 Å². The first-order valence-electron chi connectivity index (χ1n) is 14.2. The second-order valence-corrected chi connectivity index (χ2v) is 11.1. The second kappa shape index (κ2) is 13.9. The second-order valence-electron chi connectivity index (χ2n) is 10.7. The highest BCUT2D eigenvalue weighted by Crippen LogP contribution is 2.33. The Morgan fingerprint density at radius 1 is 1.10 bits per heavy atom. The number of ether oxygens (including phenoxy) is 4. The number of nitrogens with zero attached hydrogens (tertiary/aromatic N) is 3. The van der Waals surface area contributed by atoms with Crippen molar-refractivity contribution >= 4 is 23.3 Å². The Labute approximate surface area is 241 Å². The van der Waals surface area contributed by atoms with Crippen LogP contribution in [0.5, 0.6) is 5.75 Å². The Morgan fingerprint density at radius 2 is 1.90 bits per heavy atom. The SMILES string of the molecule is COc1c(NC[C@H]2CCC[C@@H](c3ccc(Cl)cc3)O2)ncnc1C(=O)N1CCC(N[C@@H]2CCOC[C@@H]2OC)CC1. The third-order valence-corrected chi connectivity index (χ3v) is 8.39. The number of piperidine rings is 1. The van der Waals surface area contributed by atoms with Crippen molar-refractivity contribution in [2.45, 2.75) is 68.9 Å². The number of carbonyl (C=O) groups is 1. The van der Waals surface area contributed by atoms with E-state index in [1.165, 1.54) is 6.33 Å². The average molecular weight is 574 g/mol. The Balaban J connectivity index is 1.16. The number of methoxy groups -OCH3 is 2. The predicted molar refractivity (Wildman–Crippen MR) is 152 cm³/mol. The molecular formula is C29H40ClN5O5. The van der Waals surface area contributed by atoms with Gasteiger partial charge >= 0.3 is 0 Å². The molecule has 3 saturated heterocycles. The number of anilines is 1. The van der Waals surface area contributed by atoms with E-state index in [0.717, 1.165) is 55.7 Å². The van der Waals surface area contributed by atoms with E-state index < -0.39 is 0 Å². The quantitative estimate of drug-likeness (QED) is 0.462. The van der Waals surface area contributed by atoms with Crippen LogP contribution < -0.4 is 15.4 Å². The van der Waals surface area contributed by atoms with Gasteiger partial charge in [0.1, 0.15) is 6.33 Å². The van der Waals surface area contributed by atoms with Crippen LogP contribution in [-0.2, 0) is 14.2 Å². The molecule has 2 aromatic rings. The third kappa shape index (κ3) is 7.03. The standard InChI is InChI=1S/C29H40ClN5O5/c1-37-25-17-39-15-12-23(25)34-21-10-13-35(14-11-21)29(36)26-27(38-2)28(33-18-32-26)31-16-22-4-3-5-24(40-22)19-6-8-20(30)9-7-19/h6-9,18,21-25,34H,3-5,10-17H2,1-2H3,(H,31,32,33)/t22-,23-,24+,25+/m1/s1. The van der Waals surface area contributed by atoms with Crippen LogP contribution in [0.3, 0.4) is 0 Å². The molecule has 0 unspecified atom stereocenters. The highest BCUT2D eigenvalue weighted by molar-refractivity contribution is 6.30. The first-order valence-corrected chi connectivity index (χ1v) is 14.6. The minimum absolute atomic E-state index is 0.00760. The van der Waals surface area contributed by atoms with Crippen LogP contribution in [0.2, 0.25) is 5.02 Å². The molecule has 5 rings (SSSR count). The lowest BCUT2D eigenvalue weighted by atomic mass is 9.98. The van der Waals surface area contributed by atoms with Crippen LogP contribution in [0.4, 0.5) is 5.82 Å². The zero-order valence-corrected chi connectivity index (χ0v) is 24.1. The van der Waals surface area contributed by atoms with Crippen molar-refractivity contribution in [2.24, 2.45) is 0 Å². The largest absolute Gasteiger partial charge is 0.491 e. The van der Waals surface area contributed by atoms with Crippen LogP contribution >= 0.6 is 11.6 Å². The molecule has 4 heterocycles. The van der Waals surface area contributed by atoms with E-state index in [1.807, 2.05) is 29.2 Å². The number of hydrogen-bond acceptors (Lipinski definition) is 9. The molecule has 0 aliphatic carbocycles. The van der Waals surface area contributed by atoms with Crippen molar-refractivity contribution in [1.29, 1.82) is 0 Å². The molecule has 10 nitrogen and oxygen atoms in total. The minimum Gasteiger partial charge on any atom is -0.491 e. The Hall–Kier alpha value is -2.50. The van der Waals surface area contributed by atoms with Gasteiger partial charge in [-0.15, -0.1) is 0 Å². The summed E-state index contributed by atoms with van der Waals surface area (Å²) in [6.07, 6.45) is 7.17. The zero-order chi connectivity index (χ0) is 27.9. The highest BCUT2D eigenvalue weighted by Gasteiger charge is 2.32. The van der Waals surface area contributed by atoms with E-state index in [0.29, 0.717) is 43.9 Å². The normalized spacial score (nSPS) is 25.9. The monoisotopic (exact) mass is 573 g/mol. The van der Waals surface area contributed by atoms with Crippen LogP contribution in [-0.4, -0.2) is 92.1 Å². The van der Waals surface area contributed by atoms with Crippen molar-refractivity contribution in [3.63, 3.8) is 0 Å². The molecular weight excluding hydrogens is 534 g/mol. The first kappa shape index (κ1) is 29.0. The highest BCUT2D eigenvalue weighted by atomic mass is 35.5. The molecule has 3 aliphatic rings. The molecule has 3 fully saturated rings. The summed E-state index contributed by atoms with van der Waals surface area (Å²) < 4.78 is 23.2. The third-order valence-electron chi connectivity index (χ3n) is 8.14. The fraction of sp³-hybridized carbons (Fsp3) is 0.621. The Bertz CT molecular complexity index is 1110. The summed E-state index contributed by atoms with van der Waals surface area (Å²) in [5.74, 6) is 0.723. The van der Waals surface area contributed by atoms with E-state index in [4.69, 9.17) is 30.5 Å². The van der Waals surface area contributed by atoms with Crippen LogP contribution in [0.1, 0.15) is 60.7 Å². The lowest BCUT2D eigenvalue weighted by Gasteiger charge is -2.38. The average Bonchev–Trinajstić information content (AvgIpc) is 3.00. The molecule has 1 aromatic heterocycles. The topological polar surface area (TPSA) is 107 Å². The summed E-state index contributed by atoms with van der Waals surface area (Å²) >= 11 is 6.05. The van der Waals surface area contributed by atoms with Gasteiger partial charge < -0.3 is 34.5 Å². The van der Waals surface area contributed by atoms with E-state index in [-0.39, 0.29) is 36.0 Å². The number of likely N-dealkylation sites (tertiary alicyclic amines) is 1. The number of halogens is 1. The molecule has 4 atom stereocenters. The lowest BCUT2D eigenvalue weighted by Crippen LogP contribution is -2.54. The summed E-state index contributed by atoms with van der Waals surface area (Å²) in [6, 6.07) is 8.45. The van der Waals surface area contributed by atoms with Crippen LogP contribution in [0.15, 0.2) is 30.6 Å². The maximum absolute atomic E-state index is 13.5. The maximum atomic E-state index is 13.5. The van der Waals surface area contributed by atoms with Gasteiger partial charge in [-0.2, -0.15) is 0 Å². The van der Waals surface area contributed by atoms with Crippen molar-refractivity contribution in [1.82, 2.24) is 20.2 Å². The number of rotatable bonds is 9. The summed E-state index contributed by atoms with van der Waals surface area (Å²) in [5, 5.41) is 7.80. The van der Waals surface area contributed by atoms with Gasteiger partial charge in [-0.25, -0.2) is 9.97 Å². The number of benzene rings is 1. The zero-order valence-electron chi connectivity index (χ0n) is 23.3. The van der Waals surface area contributed by atoms with E-state index in [2.05, 4.69) is 20.6 Å². The summed E-state index contributed by atoms with van der Waals surface area (Å²) in [6.45, 7) is 3.21. The molecule has 40 heavy (non-hydrogen) atoms. The van der Waals surface area contributed by atoms with Crippen molar-refractivity contribution in [2.75, 3.05) is 52.4 Å². The molecule has 11 heteroatoms. The minimum atomic E-state index is -0.140. The molecule has 0 radical (unpaired) electrons. The fourth-order valence-corrected chi connectivity index (χ4v) is 5.99. The van der Waals surface area contributed by atoms with E-state index in [9.17, 15) is 4.79 Å². The Kier molecular flexibility index (Phi) is 10.1. The van der Waals surface area contributed by atoms with Crippen LogP contribution in [0, 0.1) is 0 Å². The maximum Gasteiger partial charge on any atom is 0.276 e. The van der Waals surface area contributed by atoms with Crippen molar-refractivity contribution < 1.29 is 23.7 Å². The molecule has 0 spiro atoms. The summed E-state index contributed by atoms with van der Waals surface area (Å²) in [5.41, 5.74) is 1.41. The molecule has 1 aromatic carbocycles. The van der Waals surface area contributed by atoms with Crippen molar-refractivity contribution in [3.05, 3.63) is 46.9 Å². The van der Waals surface area contributed by atoms with E-state index >= 15 is 0 Å². The lowest BCUT2D eigenvalue weighted by molar-refractivity contribution is -0.0533. The van der Waals surface area contributed by atoms with Gasteiger partial charge in [-0.1, -0.05) is 23.7 Å². The molecule has 218 valence electrons. The first-order chi connectivity index (χ1) is 19.6. The molecule has 2 N–H and O–H groups in total. The summed E-state index contributed by atoms with van der Waals surface area (Å²) in [4.78, 5) is 24.0. The molecule has 0 bridgehead atoms. The Morgan fingerprint density at radius 3 is 2.65 bits per heavy atom.